The minimum absolute atomic E-state index is 0. The first-order valence-electron chi connectivity index (χ1n) is 10.5. The summed E-state index contributed by atoms with van der Waals surface area (Å²) in [5, 5.41) is 19.6. The number of hydrogen-bond acceptors (Lipinski definition) is 3. The fourth-order valence-electron chi connectivity index (χ4n) is 6.29. The van der Waals surface area contributed by atoms with E-state index in [1.54, 1.807) is 12.1 Å². The standard InChI is InChI=1S/C24H29NO2.ClH/c26-19-7-4-17(5-8-19)10-13-25-14-12-24-11-2-1-3-21(24)23(25)15-18-6-9-20(27)16-22(18)24;/h4-9,16,21,23,26-27H,1-3,10-15H2;1H/t21-,23-,24-;/m0./s1. The van der Waals surface area contributed by atoms with Crippen molar-refractivity contribution in [2.24, 2.45) is 5.92 Å². The van der Waals surface area contributed by atoms with Crippen LogP contribution in [0.5, 0.6) is 11.5 Å². The van der Waals surface area contributed by atoms with Crippen LogP contribution in [0.25, 0.3) is 0 Å². The Morgan fingerprint density at radius 1 is 0.964 bits per heavy atom. The van der Waals surface area contributed by atoms with Crippen LogP contribution < -0.4 is 0 Å². The molecule has 0 spiro atoms. The minimum Gasteiger partial charge on any atom is -0.508 e. The van der Waals surface area contributed by atoms with Crippen molar-refractivity contribution in [3.8, 4) is 11.5 Å². The van der Waals surface area contributed by atoms with Crippen LogP contribution in [0.4, 0.5) is 0 Å². The number of nitrogens with zero attached hydrogens (tertiary/aromatic N) is 1. The number of rotatable bonds is 3. The molecule has 3 nitrogen and oxygen atoms in total. The van der Waals surface area contributed by atoms with E-state index in [1.165, 1.54) is 48.8 Å². The molecule has 28 heavy (non-hydrogen) atoms. The summed E-state index contributed by atoms with van der Waals surface area (Å²) in [6.07, 6.45) is 8.68. The van der Waals surface area contributed by atoms with Crippen molar-refractivity contribution in [2.45, 2.75) is 56.4 Å². The van der Waals surface area contributed by atoms with Crippen LogP contribution in [0.1, 0.15) is 48.8 Å². The van der Waals surface area contributed by atoms with Gasteiger partial charge in [0.05, 0.1) is 0 Å². The van der Waals surface area contributed by atoms with Gasteiger partial charge in [-0.15, -0.1) is 12.4 Å². The summed E-state index contributed by atoms with van der Waals surface area (Å²) in [7, 11) is 0. The summed E-state index contributed by atoms with van der Waals surface area (Å²) >= 11 is 0. The molecular weight excluding hydrogens is 370 g/mol. The van der Waals surface area contributed by atoms with Crippen molar-refractivity contribution >= 4 is 12.4 Å². The number of benzene rings is 2. The first-order chi connectivity index (χ1) is 13.2. The zero-order valence-corrected chi connectivity index (χ0v) is 17.1. The van der Waals surface area contributed by atoms with Gasteiger partial charge in [-0.3, -0.25) is 4.90 Å². The maximum atomic E-state index is 10.1. The van der Waals surface area contributed by atoms with E-state index in [-0.39, 0.29) is 12.4 Å². The monoisotopic (exact) mass is 399 g/mol. The summed E-state index contributed by atoms with van der Waals surface area (Å²) in [6, 6.07) is 14.4. The summed E-state index contributed by atoms with van der Waals surface area (Å²) in [5.74, 6) is 1.51. The van der Waals surface area contributed by atoms with E-state index in [0.717, 1.165) is 31.8 Å². The lowest BCUT2D eigenvalue weighted by molar-refractivity contribution is -0.0106. The lowest BCUT2D eigenvalue weighted by Crippen LogP contribution is -2.61. The minimum atomic E-state index is 0. The van der Waals surface area contributed by atoms with Crippen molar-refractivity contribution < 1.29 is 10.2 Å². The molecule has 2 aromatic rings. The summed E-state index contributed by atoms with van der Waals surface area (Å²) < 4.78 is 0. The van der Waals surface area contributed by atoms with Gasteiger partial charge in [0.15, 0.2) is 0 Å². The van der Waals surface area contributed by atoms with Crippen molar-refractivity contribution in [1.82, 2.24) is 4.90 Å². The third-order valence-corrected chi connectivity index (χ3v) is 7.56. The van der Waals surface area contributed by atoms with Gasteiger partial charge in [-0.25, -0.2) is 0 Å². The number of aromatic hydroxyl groups is 2. The quantitative estimate of drug-likeness (QED) is 0.777. The molecule has 1 heterocycles. The molecule has 2 aromatic carbocycles. The van der Waals surface area contributed by atoms with E-state index in [9.17, 15) is 10.2 Å². The number of phenols is 2. The van der Waals surface area contributed by atoms with Gasteiger partial charge in [-0.1, -0.05) is 31.0 Å². The predicted octanol–water partition coefficient (Wildman–Crippen LogP) is 4.82. The smallest absolute Gasteiger partial charge is 0.115 e. The normalized spacial score (nSPS) is 28.7. The molecular formula is C24H30ClNO2. The van der Waals surface area contributed by atoms with Gasteiger partial charge in [-0.05, 0) is 85.5 Å². The molecule has 2 N–H and O–H groups in total. The third kappa shape index (κ3) is 3.19. The molecule has 3 atom stereocenters. The van der Waals surface area contributed by atoms with Gasteiger partial charge >= 0.3 is 0 Å². The van der Waals surface area contributed by atoms with E-state index >= 15 is 0 Å². The highest BCUT2D eigenvalue weighted by molar-refractivity contribution is 5.85. The number of piperidine rings is 1. The molecule has 1 saturated carbocycles. The molecule has 0 unspecified atom stereocenters. The summed E-state index contributed by atoms with van der Waals surface area (Å²) in [4.78, 5) is 2.73. The Hall–Kier alpha value is -1.71. The highest BCUT2D eigenvalue weighted by atomic mass is 35.5. The first kappa shape index (κ1) is 19.6. The van der Waals surface area contributed by atoms with Gasteiger partial charge in [0.1, 0.15) is 11.5 Å². The van der Waals surface area contributed by atoms with Crippen molar-refractivity contribution in [2.75, 3.05) is 13.1 Å². The largest absolute Gasteiger partial charge is 0.508 e. The molecule has 150 valence electrons. The van der Waals surface area contributed by atoms with Crippen molar-refractivity contribution in [3.63, 3.8) is 0 Å². The molecule has 1 aliphatic heterocycles. The molecule has 0 amide bonds. The fraction of sp³-hybridized carbons (Fsp3) is 0.500. The Labute approximate surface area is 173 Å². The first-order valence-corrected chi connectivity index (χ1v) is 10.5. The maximum absolute atomic E-state index is 10.1. The van der Waals surface area contributed by atoms with Crippen molar-refractivity contribution in [3.05, 3.63) is 59.2 Å². The van der Waals surface area contributed by atoms with E-state index < -0.39 is 0 Å². The molecule has 4 heteroatoms. The van der Waals surface area contributed by atoms with Crippen LogP contribution in [0, 0.1) is 5.92 Å². The third-order valence-electron chi connectivity index (χ3n) is 7.56. The second-order valence-electron chi connectivity index (χ2n) is 8.82. The van der Waals surface area contributed by atoms with Crippen LogP contribution in [-0.4, -0.2) is 34.2 Å². The predicted molar refractivity (Wildman–Crippen MR) is 114 cm³/mol. The number of halogens is 1. The van der Waals surface area contributed by atoms with Gasteiger partial charge < -0.3 is 10.2 Å². The van der Waals surface area contributed by atoms with Gasteiger partial charge in [0.25, 0.3) is 0 Å². The van der Waals surface area contributed by atoms with E-state index in [2.05, 4.69) is 17.0 Å². The zero-order chi connectivity index (χ0) is 18.4. The van der Waals surface area contributed by atoms with E-state index in [4.69, 9.17) is 0 Å². The van der Waals surface area contributed by atoms with E-state index in [1.807, 2.05) is 18.2 Å². The highest BCUT2D eigenvalue weighted by Gasteiger charge is 2.53. The SMILES string of the molecule is Cl.Oc1ccc(CCN2CC[C@@]34CCCC[C@H]3[C@@H]2Cc2ccc(O)cc24)cc1. The second-order valence-corrected chi connectivity index (χ2v) is 8.82. The average molecular weight is 400 g/mol. The number of likely N-dealkylation sites (tertiary alicyclic amines) is 1. The average Bonchev–Trinajstić information content (AvgIpc) is 2.69. The van der Waals surface area contributed by atoms with Gasteiger partial charge in [0, 0.05) is 18.0 Å². The molecule has 2 bridgehead atoms. The van der Waals surface area contributed by atoms with Gasteiger partial charge in [-0.2, -0.15) is 0 Å². The topological polar surface area (TPSA) is 43.7 Å². The lowest BCUT2D eigenvalue weighted by atomic mass is 9.52. The second kappa shape index (κ2) is 7.61. The Bertz CT molecular complexity index is 837. The molecule has 0 aromatic heterocycles. The molecule has 2 fully saturated rings. The number of hydrogen-bond donors (Lipinski definition) is 2. The maximum Gasteiger partial charge on any atom is 0.115 e. The highest BCUT2D eigenvalue weighted by Crippen LogP contribution is 2.56. The fourth-order valence-corrected chi connectivity index (χ4v) is 6.29. The van der Waals surface area contributed by atoms with Crippen LogP contribution in [0.2, 0.25) is 0 Å². The Morgan fingerprint density at radius 2 is 1.75 bits per heavy atom. The zero-order valence-electron chi connectivity index (χ0n) is 16.3. The van der Waals surface area contributed by atoms with Crippen LogP contribution >= 0.6 is 12.4 Å². The number of fused-ring (bicyclic) bond motifs is 1. The molecule has 1 saturated heterocycles. The Kier molecular flexibility index (Phi) is 5.32. The summed E-state index contributed by atoms with van der Waals surface area (Å²) in [6.45, 7) is 2.25. The van der Waals surface area contributed by atoms with Crippen LogP contribution in [0.3, 0.4) is 0 Å². The van der Waals surface area contributed by atoms with Gasteiger partial charge in [0.2, 0.25) is 0 Å². The number of phenolic OH excluding ortho intramolecular Hbond substituents is 2. The van der Waals surface area contributed by atoms with Crippen molar-refractivity contribution in [1.29, 1.82) is 0 Å². The van der Waals surface area contributed by atoms with Crippen LogP contribution in [-0.2, 0) is 18.3 Å². The molecule has 5 rings (SSSR count). The summed E-state index contributed by atoms with van der Waals surface area (Å²) in [5.41, 5.74) is 4.52. The molecule has 0 radical (unpaired) electrons. The van der Waals surface area contributed by atoms with E-state index in [0.29, 0.717) is 23.0 Å². The lowest BCUT2D eigenvalue weighted by Gasteiger charge is -2.59. The Morgan fingerprint density at radius 3 is 2.57 bits per heavy atom. The molecule has 3 aliphatic rings. The molecule has 2 aliphatic carbocycles. The van der Waals surface area contributed by atoms with Crippen LogP contribution in [0.15, 0.2) is 42.5 Å². The Balaban J connectivity index is 0.00000192.